The van der Waals surface area contributed by atoms with Gasteiger partial charge in [0, 0.05) is 18.1 Å². The van der Waals surface area contributed by atoms with Gasteiger partial charge in [-0.15, -0.1) is 0 Å². The Morgan fingerprint density at radius 3 is 2.27 bits per heavy atom. The minimum atomic E-state index is -0.198. The van der Waals surface area contributed by atoms with Crippen LogP contribution in [0.5, 0.6) is 11.5 Å². The van der Waals surface area contributed by atoms with Gasteiger partial charge in [-0.2, -0.15) is 0 Å². The lowest BCUT2D eigenvalue weighted by molar-refractivity contribution is 0.240. The quantitative estimate of drug-likeness (QED) is 0.690. The van der Waals surface area contributed by atoms with E-state index in [1.165, 1.54) is 0 Å². The Bertz CT molecular complexity index is 705. The number of rotatable bonds is 9. The molecule has 0 spiro atoms. The van der Waals surface area contributed by atoms with E-state index in [2.05, 4.69) is 10.6 Å². The van der Waals surface area contributed by atoms with Crippen LogP contribution in [-0.2, 0) is 13.0 Å². The lowest BCUT2D eigenvalue weighted by Crippen LogP contribution is -2.36. The lowest BCUT2D eigenvalue weighted by atomic mass is 10.1. The Balaban J connectivity index is 1.78. The molecule has 0 fully saturated rings. The van der Waals surface area contributed by atoms with Crippen LogP contribution in [0.15, 0.2) is 42.5 Å². The smallest absolute Gasteiger partial charge is 0.315 e. The van der Waals surface area contributed by atoms with Crippen LogP contribution in [0.2, 0.25) is 5.02 Å². The molecule has 6 heteroatoms. The molecule has 0 saturated carbocycles. The summed E-state index contributed by atoms with van der Waals surface area (Å²) in [5.41, 5.74) is 2.08. The Hall–Kier alpha value is -2.40. The molecule has 0 heterocycles. The van der Waals surface area contributed by atoms with Gasteiger partial charge in [0.2, 0.25) is 0 Å². The predicted octanol–water partition coefficient (Wildman–Crippen LogP) is 4.18. The van der Waals surface area contributed by atoms with Gasteiger partial charge < -0.3 is 20.1 Å². The van der Waals surface area contributed by atoms with Crippen LogP contribution < -0.4 is 20.1 Å². The van der Waals surface area contributed by atoms with Crippen LogP contribution in [0.3, 0.4) is 0 Å². The van der Waals surface area contributed by atoms with Crippen molar-refractivity contribution < 1.29 is 14.3 Å². The topological polar surface area (TPSA) is 59.6 Å². The molecule has 0 atom stereocenters. The fourth-order valence-electron chi connectivity index (χ4n) is 2.42. The minimum absolute atomic E-state index is 0.198. The molecule has 2 N–H and O–H groups in total. The summed E-state index contributed by atoms with van der Waals surface area (Å²) in [5, 5.41) is 6.36. The van der Waals surface area contributed by atoms with Crippen LogP contribution >= 0.6 is 11.6 Å². The van der Waals surface area contributed by atoms with Gasteiger partial charge in [-0.25, -0.2) is 4.79 Å². The second-order valence-electron chi connectivity index (χ2n) is 5.63. The Kier molecular flexibility index (Phi) is 8.09. The molecule has 2 aromatic carbocycles. The van der Waals surface area contributed by atoms with Crippen molar-refractivity contribution in [1.82, 2.24) is 10.6 Å². The first-order valence-electron chi connectivity index (χ1n) is 8.77. The van der Waals surface area contributed by atoms with Gasteiger partial charge in [0.05, 0.1) is 13.2 Å². The van der Waals surface area contributed by atoms with Gasteiger partial charge >= 0.3 is 6.03 Å². The Labute approximate surface area is 159 Å². The molecule has 5 nitrogen and oxygen atoms in total. The maximum absolute atomic E-state index is 11.9. The number of urea groups is 1. The zero-order valence-electron chi connectivity index (χ0n) is 15.2. The molecule has 26 heavy (non-hydrogen) atoms. The summed E-state index contributed by atoms with van der Waals surface area (Å²) in [5.74, 6) is 1.48. The second kappa shape index (κ2) is 10.6. The molecule has 0 aliphatic carbocycles. The molecule has 0 bridgehead atoms. The molecule has 0 aliphatic rings. The normalized spacial score (nSPS) is 10.3. The molecule has 2 amide bonds. The average molecular weight is 377 g/mol. The van der Waals surface area contributed by atoms with E-state index in [1.54, 1.807) is 12.1 Å². The fourth-order valence-corrected chi connectivity index (χ4v) is 2.54. The molecular formula is C20H25ClN2O3. The first-order valence-corrected chi connectivity index (χ1v) is 9.14. The summed E-state index contributed by atoms with van der Waals surface area (Å²) in [4.78, 5) is 11.9. The predicted molar refractivity (Wildman–Crippen MR) is 104 cm³/mol. The van der Waals surface area contributed by atoms with Crippen molar-refractivity contribution in [3.05, 3.63) is 58.6 Å². The first kappa shape index (κ1) is 19.9. The number of carbonyl (C=O) groups is 1. The van der Waals surface area contributed by atoms with Crippen molar-refractivity contribution in [2.75, 3.05) is 19.8 Å². The number of benzene rings is 2. The molecule has 0 saturated heterocycles. The van der Waals surface area contributed by atoms with E-state index in [4.69, 9.17) is 21.1 Å². The number of halogens is 1. The van der Waals surface area contributed by atoms with Crippen LogP contribution in [0.4, 0.5) is 4.79 Å². The third-order valence-electron chi connectivity index (χ3n) is 3.67. The fraction of sp³-hybridized carbons (Fsp3) is 0.350. The standard InChI is InChI=1S/C20H25ClN2O3/c1-3-25-18-10-7-15(13-19(18)26-4-2)11-12-22-20(24)23-14-16-5-8-17(21)9-6-16/h5-10,13H,3-4,11-12,14H2,1-2H3,(H2,22,23,24). The molecular weight excluding hydrogens is 352 g/mol. The van der Waals surface area contributed by atoms with E-state index in [1.807, 2.05) is 44.2 Å². The number of amides is 2. The number of hydrogen-bond acceptors (Lipinski definition) is 3. The summed E-state index contributed by atoms with van der Waals surface area (Å²) in [6.07, 6.45) is 0.709. The summed E-state index contributed by atoms with van der Waals surface area (Å²) >= 11 is 5.84. The number of nitrogens with one attached hydrogen (secondary N) is 2. The lowest BCUT2D eigenvalue weighted by Gasteiger charge is -2.13. The maximum Gasteiger partial charge on any atom is 0.315 e. The largest absolute Gasteiger partial charge is 0.490 e. The van der Waals surface area contributed by atoms with E-state index < -0.39 is 0 Å². The van der Waals surface area contributed by atoms with E-state index in [0.717, 1.165) is 22.6 Å². The number of hydrogen-bond donors (Lipinski definition) is 2. The summed E-state index contributed by atoms with van der Waals surface area (Å²) in [7, 11) is 0. The summed E-state index contributed by atoms with van der Waals surface area (Å²) in [6.45, 7) is 6.04. The summed E-state index contributed by atoms with van der Waals surface area (Å²) < 4.78 is 11.2. The summed E-state index contributed by atoms with van der Waals surface area (Å²) in [6, 6.07) is 13.0. The molecule has 2 aromatic rings. The zero-order chi connectivity index (χ0) is 18.8. The molecule has 0 aromatic heterocycles. The highest BCUT2D eigenvalue weighted by atomic mass is 35.5. The van der Waals surface area contributed by atoms with Gasteiger partial charge in [0.25, 0.3) is 0 Å². The third kappa shape index (κ3) is 6.48. The molecule has 0 unspecified atom stereocenters. The highest BCUT2D eigenvalue weighted by Gasteiger charge is 2.07. The molecule has 0 aliphatic heterocycles. The van der Waals surface area contributed by atoms with Crippen molar-refractivity contribution in [3.8, 4) is 11.5 Å². The number of carbonyl (C=O) groups excluding carboxylic acids is 1. The SMILES string of the molecule is CCOc1ccc(CCNC(=O)NCc2ccc(Cl)cc2)cc1OCC. The van der Waals surface area contributed by atoms with Gasteiger partial charge in [-0.1, -0.05) is 29.8 Å². The van der Waals surface area contributed by atoms with Crippen LogP contribution in [0, 0.1) is 0 Å². The van der Waals surface area contributed by atoms with Gasteiger partial charge in [0.15, 0.2) is 11.5 Å². The van der Waals surface area contributed by atoms with E-state index >= 15 is 0 Å². The van der Waals surface area contributed by atoms with E-state index in [0.29, 0.717) is 37.7 Å². The van der Waals surface area contributed by atoms with Gasteiger partial charge in [-0.05, 0) is 55.7 Å². The highest BCUT2D eigenvalue weighted by Crippen LogP contribution is 2.28. The van der Waals surface area contributed by atoms with Crippen molar-refractivity contribution in [2.45, 2.75) is 26.8 Å². The highest BCUT2D eigenvalue weighted by molar-refractivity contribution is 6.30. The third-order valence-corrected chi connectivity index (χ3v) is 3.93. The van der Waals surface area contributed by atoms with E-state index in [9.17, 15) is 4.79 Å². The monoisotopic (exact) mass is 376 g/mol. The zero-order valence-corrected chi connectivity index (χ0v) is 15.9. The van der Waals surface area contributed by atoms with E-state index in [-0.39, 0.29) is 6.03 Å². The van der Waals surface area contributed by atoms with Crippen molar-refractivity contribution in [3.63, 3.8) is 0 Å². The number of ether oxygens (including phenoxy) is 2. The van der Waals surface area contributed by atoms with Gasteiger partial charge in [0.1, 0.15) is 0 Å². The van der Waals surface area contributed by atoms with Crippen LogP contribution in [-0.4, -0.2) is 25.8 Å². The van der Waals surface area contributed by atoms with Crippen LogP contribution in [0.25, 0.3) is 0 Å². The molecule has 0 radical (unpaired) electrons. The molecule has 140 valence electrons. The molecule has 2 rings (SSSR count). The first-order chi connectivity index (χ1) is 12.6. The Morgan fingerprint density at radius 2 is 1.58 bits per heavy atom. The van der Waals surface area contributed by atoms with Crippen molar-refractivity contribution in [1.29, 1.82) is 0 Å². The minimum Gasteiger partial charge on any atom is -0.490 e. The van der Waals surface area contributed by atoms with Gasteiger partial charge in [-0.3, -0.25) is 0 Å². The second-order valence-corrected chi connectivity index (χ2v) is 6.07. The van der Waals surface area contributed by atoms with Crippen molar-refractivity contribution in [2.24, 2.45) is 0 Å². The van der Waals surface area contributed by atoms with Crippen molar-refractivity contribution >= 4 is 17.6 Å². The Morgan fingerprint density at radius 1 is 0.923 bits per heavy atom. The average Bonchev–Trinajstić information content (AvgIpc) is 2.64. The maximum atomic E-state index is 11.9. The van der Waals surface area contributed by atoms with Crippen LogP contribution in [0.1, 0.15) is 25.0 Å².